The minimum absolute atomic E-state index is 0.0224. The zero-order valence-corrected chi connectivity index (χ0v) is 17.2. The Kier molecular flexibility index (Phi) is 7.24. The molecule has 0 radical (unpaired) electrons. The van der Waals surface area contributed by atoms with Crippen molar-refractivity contribution in [2.45, 2.75) is 12.8 Å². The number of nitro benzene ring substituents is 1. The molecule has 0 atom stereocenters. The number of nitrogens with one attached hydrogen (secondary N) is 1. The van der Waals surface area contributed by atoms with Crippen LogP contribution < -0.4 is 10.2 Å². The van der Waals surface area contributed by atoms with Crippen LogP contribution in [0, 0.1) is 10.1 Å². The molecular formula is C21H23ClN4O4. The van der Waals surface area contributed by atoms with Crippen molar-refractivity contribution in [3.63, 3.8) is 0 Å². The van der Waals surface area contributed by atoms with Gasteiger partial charge in [0.15, 0.2) is 0 Å². The Labute approximate surface area is 179 Å². The van der Waals surface area contributed by atoms with Gasteiger partial charge in [-0.05, 0) is 30.7 Å². The Morgan fingerprint density at radius 3 is 2.43 bits per heavy atom. The van der Waals surface area contributed by atoms with Crippen LogP contribution in [0.4, 0.5) is 11.4 Å². The number of anilines is 1. The van der Waals surface area contributed by atoms with E-state index in [1.807, 2.05) is 11.0 Å². The van der Waals surface area contributed by atoms with Gasteiger partial charge in [-0.15, -0.1) is 0 Å². The second-order valence-electron chi connectivity index (χ2n) is 6.98. The molecule has 158 valence electrons. The quantitative estimate of drug-likeness (QED) is 0.413. The second-order valence-corrected chi connectivity index (χ2v) is 7.42. The maximum Gasteiger partial charge on any atom is 0.294 e. The van der Waals surface area contributed by atoms with Gasteiger partial charge in [0.1, 0.15) is 5.69 Å². The van der Waals surface area contributed by atoms with Crippen LogP contribution in [0.5, 0.6) is 0 Å². The van der Waals surface area contributed by atoms with E-state index in [1.165, 1.54) is 6.07 Å². The Balaban J connectivity index is 1.43. The summed E-state index contributed by atoms with van der Waals surface area (Å²) in [6.07, 6.45) is 0.899. The van der Waals surface area contributed by atoms with E-state index in [4.69, 9.17) is 11.6 Å². The Bertz CT molecular complexity index is 914. The summed E-state index contributed by atoms with van der Waals surface area (Å²) in [6.45, 7) is 2.44. The lowest BCUT2D eigenvalue weighted by Crippen LogP contribution is -2.49. The molecule has 0 bridgehead atoms. The summed E-state index contributed by atoms with van der Waals surface area (Å²) >= 11 is 5.88. The molecule has 1 aliphatic heterocycles. The number of nitrogens with zero attached hydrogens (tertiary/aromatic N) is 3. The molecule has 8 nitrogen and oxygen atoms in total. The first-order valence-corrected chi connectivity index (χ1v) is 10.1. The molecule has 1 heterocycles. The maximum atomic E-state index is 12.4. The zero-order valence-electron chi connectivity index (χ0n) is 16.4. The fourth-order valence-electron chi connectivity index (χ4n) is 3.40. The average Bonchev–Trinajstić information content (AvgIpc) is 2.77. The monoisotopic (exact) mass is 430 g/mol. The van der Waals surface area contributed by atoms with E-state index in [0.29, 0.717) is 61.8 Å². The van der Waals surface area contributed by atoms with Crippen molar-refractivity contribution in [1.29, 1.82) is 0 Å². The first-order chi connectivity index (χ1) is 14.5. The van der Waals surface area contributed by atoms with Crippen LogP contribution in [0.1, 0.15) is 23.2 Å². The highest BCUT2D eigenvalue weighted by Gasteiger charge is 2.25. The molecule has 0 aromatic heterocycles. The first kappa shape index (κ1) is 21.6. The fraction of sp³-hybridized carbons (Fsp3) is 0.333. The Morgan fingerprint density at radius 1 is 1.07 bits per heavy atom. The van der Waals surface area contributed by atoms with Gasteiger partial charge in [0.2, 0.25) is 5.91 Å². The molecule has 1 fully saturated rings. The zero-order chi connectivity index (χ0) is 21.5. The van der Waals surface area contributed by atoms with Gasteiger partial charge in [-0.3, -0.25) is 19.7 Å². The van der Waals surface area contributed by atoms with Crippen molar-refractivity contribution in [1.82, 2.24) is 10.2 Å². The highest BCUT2D eigenvalue weighted by Crippen LogP contribution is 2.31. The van der Waals surface area contributed by atoms with Gasteiger partial charge < -0.3 is 15.1 Å². The van der Waals surface area contributed by atoms with E-state index in [1.54, 1.807) is 41.3 Å². The van der Waals surface area contributed by atoms with E-state index in [0.717, 1.165) is 0 Å². The van der Waals surface area contributed by atoms with Crippen LogP contribution in [0.15, 0.2) is 48.5 Å². The molecule has 30 heavy (non-hydrogen) atoms. The van der Waals surface area contributed by atoms with E-state index >= 15 is 0 Å². The summed E-state index contributed by atoms with van der Waals surface area (Å²) in [5, 5.41) is 14.4. The van der Waals surface area contributed by atoms with Gasteiger partial charge >= 0.3 is 0 Å². The Hall–Kier alpha value is -3.13. The summed E-state index contributed by atoms with van der Waals surface area (Å²) in [6, 6.07) is 13.6. The normalized spacial score (nSPS) is 13.8. The maximum absolute atomic E-state index is 12.4. The molecule has 0 aliphatic carbocycles. The standard InChI is InChI=1S/C21H23ClN4O4/c22-17-8-9-18(19(15-17)26(29)30)24-11-13-25(14-12-24)20(27)7-4-10-23-21(28)16-5-2-1-3-6-16/h1-3,5-6,8-9,15H,4,7,10-14H2,(H,23,28). The SMILES string of the molecule is O=C(NCCCC(=O)N1CCN(c2ccc(Cl)cc2[N+](=O)[O-])CC1)c1ccccc1. The number of hydrogen-bond donors (Lipinski definition) is 1. The number of nitro groups is 1. The molecule has 1 aliphatic rings. The van der Waals surface area contributed by atoms with Gasteiger partial charge in [0.25, 0.3) is 11.6 Å². The lowest BCUT2D eigenvalue weighted by atomic mass is 10.2. The number of piperazine rings is 1. The van der Waals surface area contributed by atoms with Gasteiger partial charge in [-0.2, -0.15) is 0 Å². The number of rotatable bonds is 7. The molecule has 2 aromatic carbocycles. The van der Waals surface area contributed by atoms with E-state index < -0.39 is 4.92 Å². The van der Waals surface area contributed by atoms with Crippen molar-refractivity contribution in [3.05, 3.63) is 69.2 Å². The van der Waals surface area contributed by atoms with Gasteiger partial charge in [-0.25, -0.2) is 0 Å². The number of carbonyl (C=O) groups excluding carboxylic acids is 2. The van der Waals surface area contributed by atoms with Crippen molar-refractivity contribution in [3.8, 4) is 0 Å². The minimum Gasteiger partial charge on any atom is -0.362 e. The smallest absolute Gasteiger partial charge is 0.294 e. The third-order valence-corrected chi connectivity index (χ3v) is 5.23. The predicted octanol–water partition coefficient (Wildman–Crippen LogP) is 3.11. The number of carbonyl (C=O) groups is 2. The van der Waals surface area contributed by atoms with Crippen LogP contribution in [0.3, 0.4) is 0 Å². The molecule has 1 N–H and O–H groups in total. The summed E-state index contributed by atoms with van der Waals surface area (Å²) in [5.74, 6) is -0.129. The first-order valence-electron chi connectivity index (χ1n) is 9.75. The summed E-state index contributed by atoms with van der Waals surface area (Å²) < 4.78 is 0. The second kappa shape index (κ2) is 10.1. The molecular weight excluding hydrogens is 408 g/mol. The molecule has 0 saturated carbocycles. The van der Waals surface area contributed by atoms with Crippen molar-refractivity contribution < 1.29 is 14.5 Å². The van der Waals surface area contributed by atoms with Crippen molar-refractivity contribution in [2.24, 2.45) is 0 Å². The topological polar surface area (TPSA) is 95.8 Å². The third kappa shape index (κ3) is 5.48. The number of halogens is 1. The molecule has 2 aromatic rings. The van der Waals surface area contributed by atoms with Crippen molar-refractivity contribution in [2.75, 3.05) is 37.6 Å². The molecule has 0 spiro atoms. The van der Waals surface area contributed by atoms with Crippen molar-refractivity contribution >= 4 is 34.8 Å². The number of amides is 2. The van der Waals surface area contributed by atoms with Crippen LogP contribution in [0.2, 0.25) is 5.02 Å². The van der Waals surface area contributed by atoms with E-state index in [-0.39, 0.29) is 17.5 Å². The van der Waals surface area contributed by atoms with E-state index in [2.05, 4.69) is 5.32 Å². The summed E-state index contributed by atoms with van der Waals surface area (Å²) in [7, 11) is 0. The number of hydrogen-bond acceptors (Lipinski definition) is 5. The third-order valence-electron chi connectivity index (χ3n) is 5.00. The molecule has 9 heteroatoms. The van der Waals surface area contributed by atoms with Crippen LogP contribution in [-0.4, -0.2) is 54.4 Å². The molecule has 2 amide bonds. The lowest BCUT2D eigenvalue weighted by molar-refractivity contribution is -0.384. The van der Waals surface area contributed by atoms with Crippen LogP contribution in [-0.2, 0) is 4.79 Å². The molecule has 1 saturated heterocycles. The summed E-state index contributed by atoms with van der Waals surface area (Å²) in [4.78, 5) is 39.0. The fourth-order valence-corrected chi connectivity index (χ4v) is 3.56. The highest BCUT2D eigenvalue weighted by atomic mass is 35.5. The number of benzene rings is 2. The predicted molar refractivity (Wildman–Crippen MR) is 115 cm³/mol. The Morgan fingerprint density at radius 2 is 1.77 bits per heavy atom. The van der Waals surface area contributed by atoms with Gasteiger partial charge in [-0.1, -0.05) is 29.8 Å². The average molecular weight is 431 g/mol. The van der Waals surface area contributed by atoms with Gasteiger partial charge in [0, 0.05) is 55.8 Å². The molecule has 0 unspecified atom stereocenters. The van der Waals surface area contributed by atoms with E-state index in [9.17, 15) is 19.7 Å². The van der Waals surface area contributed by atoms with Crippen LogP contribution in [0.25, 0.3) is 0 Å². The highest BCUT2D eigenvalue weighted by molar-refractivity contribution is 6.30. The molecule has 3 rings (SSSR count). The minimum atomic E-state index is -0.442. The lowest BCUT2D eigenvalue weighted by Gasteiger charge is -2.36. The van der Waals surface area contributed by atoms with Crippen LogP contribution >= 0.6 is 11.6 Å². The van der Waals surface area contributed by atoms with Gasteiger partial charge in [0.05, 0.1) is 4.92 Å². The largest absolute Gasteiger partial charge is 0.362 e. The summed E-state index contributed by atoms with van der Waals surface area (Å²) in [5.41, 5.74) is 1.08.